The number of likely N-dealkylation sites (N-methyl/N-ethyl adjacent to an activating group) is 1. The van der Waals surface area contributed by atoms with Gasteiger partial charge in [-0.05, 0) is 20.4 Å². The van der Waals surface area contributed by atoms with Gasteiger partial charge in [0.05, 0.1) is 6.10 Å². The van der Waals surface area contributed by atoms with Gasteiger partial charge in [0.25, 0.3) is 0 Å². The zero-order valence-corrected chi connectivity index (χ0v) is 7.49. The maximum absolute atomic E-state index is 9.24. The van der Waals surface area contributed by atoms with Crippen molar-refractivity contribution in [2.45, 2.75) is 32.4 Å². The van der Waals surface area contributed by atoms with Crippen LogP contribution in [0, 0.1) is 0 Å². The fourth-order valence-electron chi connectivity index (χ4n) is 0.613. The topological polar surface area (TPSA) is 23.5 Å². The number of hydrogen-bond acceptors (Lipinski definition) is 2. The summed E-state index contributed by atoms with van der Waals surface area (Å²) < 4.78 is 1.94. The Morgan fingerprint density at radius 3 is 2.22 bits per heavy atom. The smallest absolute Gasteiger partial charge is 0.0693 e. The Labute approximate surface area is 59.5 Å². The summed E-state index contributed by atoms with van der Waals surface area (Å²) in [7, 11) is 4.48. The predicted octanol–water partition coefficient (Wildman–Crippen LogP) is 0.868. The fourth-order valence-corrected chi connectivity index (χ4v) is 0.811. The molecule has 56 valence electrons. The summed E-state index contributed by atoms with van der Waals surface area (Å²) >= 11 is 0. The molecule has 0 aliphatic rings. The summed E-state index contributed by atoms with van der Waals surface area (Å²) in [6.45, 7) is 3.98. The summed E-state index contributed by atoms with van der Waals surface area (Å²) in [5.74, 6) is 0. The fraction of sp³-hybridized carbons (Fsp3) is 1.00. The first-order valence-electron chi connectivity index (χ1n) is 3.25. The summed E-state index contributed by atoms with van der Waals surface area (Å²) in [5, 5.41) is 9.24. The number of aliphatic hydroxyl groups excluding tert-OH is 1. The van der Waals surface area contributed by atoms with Gasteiger partial charge in [0, 0.05) is 6.04 Å². The largest absolute Gasteiger partial charge is 0.392 e. The van der Waals surface area contributed by atoms with Crippen LogP contribution in [0.1, 0.15) is 20.3 Å². The molecule has 0 aliphatic carbocycles. The predicted molar refractivity (Wildman–Crippen MR) is 43.2 cm³/mol. The Bertz CT molecular complexity index is 77.5. The summed E-state index contributed by atoms with van der Waals surface area (Å²) in [6.07, 6.45) is 0.618. The number of aliphatic hydroxyl groups is 1. The minimum atomic E-state index is -0.201. The first kappa shape index (κ1) is 9.35. The van der Waals surface area contributed by atoms with E-state index in [4.69, 9.17) is 0 Å². The van der Waals surface area contributed by atoms with Crippen LogP contribution in [0.25, 0.3) is 0 Å². The molecule has 0 saturated carbocycles. The van der Waals surface area contributed by atoms with E-state index in [0.29, 0.717) is 0 Å². The molecule has 0 aliphatic heterocycles. The molecule has 9 heavy (non-hydrogen) atoms. The lowest BCUT2D eigenvalue weighted by Gasteiger charge is -2.23. The van der Waals surface area contributed by atoms with Crippen molar-refractivity contribution in [2.75, 3.05) is 7.05 Å². The highest BCUT2D eigenvalue weighted by atomic mass is 31.0. The molecule has 2 nitrogen and oxygen atoms in total. The van der Waals surface area contributed by atoms with Crippen LogP contribution in [0.3, 0.4) is 0 Å². The highest BCUT2D eigenvalue weighted by Crippen LogP contribution is 2.08. The van der Waals surface area contributed by atoms with Crippen LogP contribution < -0.4 is 0 Å². The van der Waals surface area contributed by atoms with Gasteiger partial charge in [0.2, 0.25) is 0 Å². The minimum Gasteiger partial charge on any atom is -0.392 e. The molecule has 0 spiro atoms. The van der Waals surface area contributed by atoms with Gasteiger partial charge in [0.15, 0.2) is 0 Å². The van der Waals surface area contributed by atoms with Crippen LogP contribution in [0.15, 0.2) is 0 Å². The third kappa shape index (κ3) is 3.14. The van der Waals surface area contributed by atoms with E-state index in [-0.39, 0.29) is 12.1 Å². The second-order valence-electron chi connectivity index (χ2n) is 2.38. The lowest BCUT2D eigenvalue weighted by molar-refractivity contribution is 0.107. The molecular formula is C6H16NOP. The first-order chi connectivity index (χ1) is 4.09. The molecule has 0 aromatic rings. The van der Waals surface area contributed by atoms with E-state index in [1.807, 2.05) is 25.6 Å². The second-order valence-corrected chi connectivity index (χ2v) is 3.20. The normalized spacial score (nSPS) is 18.0. The van der Waals surface area contributed by atoms with Crippen molar-refractivity contribution in [1.29, 1.82) is 0 Å². The van der Waals surface area contributed by atoms with Crippen LogP contribution in [0.4, 0.5) is 0 Å². The highest BCUT2D eigenvalue weighted by Gasteiger charge is 2.12. The van der Waals surface area contributed by atoms with Gasteiger partial charge in [-0.25, -0.2) is 0 Å². The van der Waals surface area contributed by atoms with Gasteiger partial charge in [-0.15, -0.1) is 0 Å². The van der Waals surface area contributed by atoms with Crippen LogP contribution in [0.5, 0.6) is 0 Å². The van der Waals surface area contributed by atoms with E-state index in [1.54, 1.807) is 0 Å². The molecule has 0 aromatic heterocycles. The minimum absolute atomic E-state index is 0.201. The molecule has 0 amide bonds. The summed E-state index contributed by atoms with van der Waals surface area (Å²) in [5.41, 5.74) is 0. The van der Waals surface area contributed by atoms with E-state index in [2.05, 4.69) is 9.39 Å². The molecule has 0 saturated heterocycles. The van der Waals surface area contributed by atoms with Crippen molar-refractivity contribution < 1.29 is 5.11 Å². The van der Waals surface area contributed by atoms with Gasteiger partial charge in [0.1, 0.15) is 0 Å². The molecule has 0 radical (unpaired) electrons. The molecule has 0 fully saturated rings. The van der Waals surface area contributed by atoms with Crippen LogP contribution in [0.2, 0.25) is 0 Å². The Balaban J connectivity index is 3.58. The molecule has 1 N–H and O–H groups in total. The van der Waals surface area contributed by atoms with Crippen LogP contribution in [-0.4, -0.2) is 29.0 Å². The van der Waals surface area contributed by atoms with Crippen molar-refractivity contribution in [3.8, 4) is 0 Å². The van der Waals surface area contributed by atoms with Crippen LogP contribution in [-0.2, 0) is 0 Å². The Morgan fingerprint density at radius 2 is 2.11 bits per heavy atom. The van der Waals surface area contributed by atoms with E-state index in [1.165, 1.54) is 0 Å². The van der Waals surface area contributed by atoms with Crippen LogP contribution >= 0.6 is 9.39 Å². The average molecular weight is 149 g/mol. The Kier molecular flexibility index (Phi) is 4.37. The second kappa shape index (κ2) is 4.21. The zero-order valence-electron chi connectivity index (χ0n) is 6.33. The number of nitrogens with zero attached hydrogens (tertiary/aromatic N) is 1. The molecule has 3 heteroatoms. The lowest BCUT2D eigenvalue weighted by Crippen LogP contribution is -2.32. The standard InChI is InChI=1S/C6H16NOP/c1-4-6(8)5(2)7(3)9/h5-6,8H,4,9H2,1-3H3. The van der Waals surface area contributed by atoms with Gasteiger partial charge in [-0.3, -0.25) is 4.67 Å². The highest BCUT2D eigenvalue weighted by molar-refractivity contribution is 7.13. The SMILES string of the molecule is CCC(O)C(C)N(C)P. The molecule has 0 rings (SSSR count). The van der Waals surface area contributed by atoms with Crippen molar-refractivity contribution in [2.24, 2.45) is 0 Å². The first-order valence-corrected chi connectivity index (χ1v) is 3.76. The van der Waals surface area contributed by atoms with Gasteiger partial charge in [-0.1, -0.05) is 16.3 Å². The van der Waals surface area contributed by atoms with Gasteiger partial charge in [-0.2, -0.15) is 0 Å². The molecule has 0 bridgehead atoms. The Hall–Kier alpha value is 0.350. The van der Waals surface area contributed by atoms with E-state index in [0.717, 1.165) is 6.42 Å². The third-order valence-electron chi connectivity index (χ3n) is 1.62. The summed E-state index contributed by atoms with van der Waals surface area (Å²) in [6, 6.07) is 0.236. The quantitative estimate of drug-likeness (QED) is 0.602. The lowest BCUT2D eigenvalue weighted by atomic mass is 10.1. The van der Waals surface area contributed by atoms with Gasteiger partial charge >= 0.3 is 0 Å². The maximum Gasteiger partial charge on any atom is 0.0693 e. The van der Waals surface area contributed by atoms with Gasteiger partial charge < -0.3 is 5.11 Å². The van der Waals surface area contributed by atoms with Crippen molar-refractivity contribution in [3.05, 3.63) is 0 Å². The number of hydrogen-bond donors (Lipinski definition) is 1. The molecule has 3 atom stereocenters. The maximum atomic E-state index is 9.24. The Morgan fingerprint density at radius 1 is 1.67 bits per heavy atom. The molecular weight excluding hydrogens is 133 g/mol. The molecule has 0 heterocycles. The molecule has 3 unspecified atom stereocenters. The average Bonchev–Trinajstić information content (AvgIpc) is 1.84. The van der Waals surface area contributed by atoms with E-state index >= 15 is 0 Å². The monoisotopic (exact) mass is 149 g/mol. The van der Waals surface area contributed by atoms with Crippen molar-refractivity contribution >= 4 is 9.39 Å². The number of rotatable bonds is 3. The van der Waals surface area contributed by atoms with E-state index in [9.17, 15) is 5.11 Å². The summed E-state index contributed by atoms with van der Waals surface area (Å²) in [4.78, 5) is 0. The molecule has 0 aromatic carbocycles. The third-order valence-corrected chi connectivity index (χ3v) is 2.09. The van der Waals surface area contributed by atoms with Crippen molar-refractivity contribution in [3.63, 3.8) is 0 Å². The zero-order chi connectivity index (χ0) is 7.44. The van der Waals surface area contributed by atoms with Crippen molar-refractivity contribution in [1.82, 2.24) is 4.67 Å². The van der Waals surface area contributed by atoms with E-state index < -0.39 is 0 Å².